The fraction of sp³-hybridized carbons (Fsp3) is 0.500. The van der Waals surface area contributed by atoms with Crippen LogP contribution >= 0.6 is 11.8 Å². The van der Waals surface area contributed by atoms with E-state index >= 15 is 0 Å². The summed E-state index contributed by atoms with van der Waals surface area (Å²) in [6.45, 7) is 11.4. The molecular formula is C20H27BO5S. The Hall–Kier alpha value is -1.57. The van der Waals surface area contributed by atoms with Crippen LogP contribution < -0.4 is 0 Å². The van der Waals surface area contributed by atoms with Crippen molar-refractivity contribution in [2.45, 2.75) is 52.7 Å². The van der Waals surface area contributed by atoms with E-state index in [1.54, 1.807) is 6.07 Å². The Morgan fingerprint density at radius 3 is 2.30 bits per heavy atom. The van der Waals surface area contributed by atoms with Crippen LogP contribution in [0.5, 0.6) is 0 Å². The summed E-state index contributed by atoms with van der Waals surface area (Å²) in [7, 11) is 0.768. The molecule has 0 atom stereocenters. The minimum atomic E-state index is -0.590. The van der Waals surface area contributed by atoms with E-state index < -0.39 is 24.3 Å². The summed E-state index contributed by atoms with van der Waals surface area (Å²) >= 11 is 1.19. The third-order valence-electron chi connectivity index (χ3n) is 4.95. The molecule has 5 nitrogen and oxygen atoms in total. The SMILES string of the molecule is COC(=O)c1ccc(C)cc1C=C(CSC(C)=O)B1OC(C)(C)C(C)(C)O1. The molecule has 1 saturated heterocycles. The topological polar surface area (TPSA) is 61.8 Å². The van der Waals surface area contributed by atoms with Gasteiger partial charge in [0.05, 0.1) is 23.9 Å². The number of ether oxygens (including phenoxy) is 1. The minimum Gasteiger partial charge on any atom is -0.465 e. The van der Waals surface area contributed by atoms with E-state index in [1.165, 1.54) is 25.8 Å². The van der Waals surface area contributed by atoms with Gasteiger partial charge < -0.3 is 14.0 Å². The number of benzene rings is 1. The van der Waals surface area contributed by atoms with Gasteiger partial charge in [-0.3, -0.25) is 4.79 Å². The average molecular weight is 390 g/mol. The highest BCUT2D eigenvalue weighted by molar-refractivity contribution is 8.13. The van der Waals surface area contributed by atoms with Crippen molar-refractivity contribution in [3.63, 3.8) is 0 Å². The molecule has 0 aliphatic carbocycles. The number of carbonyl (C=O) groups excluding carboxylic acids is 2. The second-order valence-electron chi connectivity index (χ2n) is 7.67. The first-order valence-electron chi connectivity index (χ1n) is 8.85. The number of thioether (sulfide) groups is 1. The van der Waals surface area contributed by atoms with Gasteiger partial charge in [0.1, 0.15) is 0 Å². The Balaban J connectivity index is 2.48. The Morgan fingerprint density at radius 2 is 1.78 bits per heavy atom. The van der Waals surface area contributed by atoms with E-state index in [4.69, 9.17) is 14.0 Å². The molecule has 1 fully saturated rings. The van der Waals surface area contributed by atoms with Gasteiger partial charge in [0.25, 0.3) is 0 Å². The first kappa shape index (κ1) is 21.7. The Kier molecular flexibility index (Phi) is 6.61. The molecule has 146 valence electrons. The first-order chi connectivity index (χ1) is 12.5. The zero-order valence-corrected chi connectivity index (χ0v) is 17.9. The lowest BCUT2D eigenvalue weighted by molar-refractivity contribution is -0.109. The predicted octanol–water partition coefficient (Wildman–Crippen LogP) is 4.08. The fourth-order valence-corrected chi connectivity index (χ4v) is 3.24. The van der Waals surface area contributed by atoms with Gasteiger partial charge in [0.15, 0.2) is 5.12 Å². The summed E-state index contributed by atoms with van der Waals surface area (Å²) in [4.78, 5) is 23.7. The number of esters is 1. The van der Waals surface area contributed by atoms with Crippen LogP contribution in [0.4, 0.5) is 0 Å². The lowest BCUT2D eigenvalue weighted by Crippen LogP contribution is -2.41. The molecule has 7 heteroatoms. The molecule has 1 heterocycles. The summed E-state index contributed by atoms with van der Waals surface area (Å²) < 4.78 is 17.2. The molecule has 0 spiro atoms. The van der Waals surface area contributed by atoms with Crippen LogP contribution in [0, 0.1) is 6.92 Å². The van der Waals surface area contributed by atoms with Gasteiger partial charge in [0, 0.05) is 12.7 Å². The van der Waals surface area contributed by atoms with Gasteiger partial charge in [-0.05, 0) is 51.7 Å². The molecule has 1 aromatic carbocycles. The molecule has 0 radical (unpaired) electrons. The van der Waals surface area contributed by atoms with Gasteiger partial charge in [-0.1, -0.05) is 35.5 Å². The highest BCUT2D eigenvalue weighted by Gasteiger charge is 2.52. The average Bonchev–Trinajstić information content (AvgIpc) is 2.78. The highest BCUT2D eigenvalue weighted by atomic mass is 32.2. The molecule has 0 bridgehead atoms. The maximum absolute atomic E-state index is 12.1. The van der Waals surface area contributed by atoms with E-state index in [1.807, 2.05) is 52.8 Å². The van der Waals surface area contributed by atoms with Gasteiger partial charge in [-0.15, -0.1) is 0 Å². The van der Waals surface area contributed by atoms with Crippen molar-refractivity contribution in [2.24, 2.45) is 0 Å². The first-order valence-corrected chi connectivity index (χ1v) is 9.84. The van der Waals surface area contributed by atoms with Gasteiger partial charge in [-0.25, -0.2) is 4.79 Å². The summed E-state index contributed by atoms with van der Waals surface area (Å²) in [5, 5.41) is 0.00912. The van der Waals surface area contributed by atoms with Crippen LogP contribution in [0.3, 0.4) is 0 Å². The normalized spacial score (nSPS) is 18.5. The van der Waals surface area contributed by atoms with E-state index in [9.17, 15) is 9.59 Å². The van der Waals surface area contributed by atoms with Crippen molar-refractivity contribution in [2.75, 3.05) is 12.9 Å². The summed E-state index contributed by atoms with van der Waals surface area (Å²) in [6.07, 6.45) is 1.87. The van der Waals surface area contributed by atoms with Crippen LogP contribution in [0.2, 0.25) is 0 Å². The van der Waals surface area contributed by atoms with E-state index in [0.29, 0.717) is 11.3 Å². The molecular weight excluding hydrogens is 363 g/mol. The number of rotatable bonds is 5. The molecule has 1 aromatic rings. The fourth-order valence-electron chi connectivity index (χ4n) is 2.65. The van der Waals surface area contributed by atoms with Gasteiger partial charge in [0.2, 0.25) is 0 Å². The molecule has 27 heavy (non-hydrogen) atoms. The zero-order valence-electron chi connectivity index (χ0n) is 17.0. The second-order valence-corrected chi connectivity index (χ2v) is 8.82. The standard InChI is InChI=1S/C20H27BO5S/c1-13-8-9-17(18(23)24-7)15(10-13)11-16(12-27-14(2)22)21-25-19(3,4)20(5,6)26-21/h8-11H,12H2,1-7H3. The quantitative estimate of drug-likeness (QED) is 0.558. The maximum Gasteiger partial charge on any atom is 0.491 e. The molecule has 0 amide bonds. The highest BCUT2D eigenvalue weighted by Crippen LogP contribution is 2.39. The van der Waals surface area contributed by atoms with E-state index in [0.717, 1.165) is 16.6 Å². The largest absolute Gasteiger partial charge is 0.491 e. The van der Waals surface area contributed by atoms with Crippen LogP contribution in [-0.4, -0.2) is 42.3 Å². The molecule has 0 saturated carbocycles. The third-order valence-corrected chi connectivity index (χ3v) is 5.84. The zero-order chi connectivity index (χ0) is 20.4. The summed E-state index contributed by atoms with van der Waals surface area (Å²) in [5.41, 5.74) is 2.01. The van der Waals surface area contributed by atoms with Gasteiger partial charge >= 0.3 is 13.1 Å². The molecule has 1 aliphatic heterocycles. The van der Waals surface area contributed by atoms with E-state index in [-0.39, 0.29) is 5.12 Å². The second kappa shape index (κ2) is 8.21. The minimum absolute atomic E-state index is 0.00912. The monoisotopic (exact) mass is 390 g/mol. The Labute approximate surface area is 166 Å². The maximum atomic E-state index is 12.1. The Bertz CT molecular complexity index is 754. The van der Waals surface area contributed by atoms with Crippen LogP contribution in [0.25, 0.3) is 6.08 Å². The molecule has 1 aliphatic rings. The number of carbonyl (C=O) groups is 2. The van der Waals surface area contributed by atoms with Crippen LogP contribution in [0.15, 0.2) is 23.7 Å². The number of aryl methyl sites for hydroxylation is 1. The van der Waals surface area contributed by atoms with Crippen molar-refractivity contribution < 1.29 is 23.6 Å². The molecule has 0 aromatic heterocycles. The molecule has 2 rings (SSSR count). The van der Waals surface area contributed by atoms with Crippen molar-refractivity contribution in [3.05, 3.63) is 40.4 Å². The predicted molar refractivity (Wildman–Crippen MR) is 110 cm³/mol. The third kappa shape index (κ3) is 5.03. The lowest BCUT2D eigenvalue weighted by atomic mass is 9.78. The van der Waals surface area contributed by atoms with Crippen LogP contribution in [-0.2, 0) is 18.8 Å². The van der Waals surface area contributed by atoms with Crippen LogP contribution in [0.1, 0.15) is 56.1 Å². The summed E-state index contributed by atoms with van der Waals surface area (Å²) in [6, 6.07) is 5.52. The smallest absolute Gasteiger partial charge is 0.465 e. The number of hydrogen-bond donors (Lipinski definition) is 0. The number of methoxy groups -OCH3 is 1. The lowest BCUT2D eigenvalue weighted by Gasteiger charge is -2.32. The molecule has 0 N–H and O–H groups in total. The van der Waals surface area contributed by atoms with Crippen molar-refractivity contribution in [1.82, 2.24) is 0 Å². The number of hydrogen-bond acceptors (Lipinski definition) is 6. The Morgan fingerprint density at radius 1 is 1.19 bits per heavy atom. The van der Waals surface area contributed by atoms with Gasteiger partial charge in [-0.2, -0.15) is 0 Å². The summed E-state index contributed by atoms with van der Waals surface area (Å²) in [5.74, 6) is 0.00880. The van der Waals surface area contributed by atoms with Crippen molar-refractivity contribution in [3.8, 4) is 0 Å². The van der Waals surface area contributed by atoms with Crippen molar-refractivity contribution >= 4 is 36.0 Å². The molecule has 0 unspecified atom stereocenters. The van der Waals surface area contributed by atoms with E-state index in [2.05, 4.69) is 0 Å². The van der Waals surface area contributed by atoms with Crippen molar-refractivity contribution in [1.29, 1.82) is 0 Å².